The van der Waals surface area contributed by atoms with Crippen LogP contribution in [0.25, 0.3) is 0 Å². The van der Waals surface area contributed by atoms with E-state index in [1.54, 1.807) is 0 Å². The summed E-state index contributed by atoms with van der Waals surface area (Å²) in [4.78, 5) is 2.10. The molecule has 2 rings (SSSR count). The largest absolute Gasteiger partial charge is 0.390 e. The number of hydrogen-bond donors (Lipinski definition) is 2. The van der Waals surface area contributed by atoms with Crippen molar-refractivity contribution < 1.29 is 13.5 Å². The molecule has 124 valence electrons. The minimum atomic E-state index is -3.11. The molecule has 0 amide bonds. The fourth-order valence-corrected chi connectivity index (χ4v) is 4.64. The maximum atomic E-state index is 11.6. The van der Waals surface area contributed by atoms with Gasteiger partial charge in [0, 0.05) is 18.6 Å². The summed E-state index contributed by atoms with van der Waals surface area (Å²) in [5.41, 5.74) is 2.48. The number of nitrogens with zero attached hydrogens (tertiary/aromatic N) is 1. The third-order valence-electron chi connectivity index (χ3n) is 4.29. The summed E-state index contributed by atoms with van der Waals surface area (Å²) >= 11 is 0. The van der Waals surface area contributed by atoms with Crippen molar-refractivity contribution in [1.29, 1.82) is 0 Å². The molecular formula is C16H26N2O3S. The molecule has 0 bridgehead atoms. The Morgan fingerprint density at radius 2 is 1.91 bits per heavy atom. The second-order valence-electron chi connectivity index (χ2n) is 6.23. The number of hydrogen-bond acceptors (Lipinski definition) is 5. The van der Waals surface area contributed by atoms with Crippen LogP contribution in [0.4, 0.5) is 0 Å². The van der Waals surface area contributed by atoms with Crippen LogP contribution in [0.1, 0.15) is 24.1 Å². The lowest BCUT2D eigenvalue weighted by Crippen LogP contribution is -2.43. The fourth-order valence-electron chi connectivity index (χ4n) is 2.86. The number of aliphatic hydroxyl groups excluding tert-OH is 1. The smallest absolute Gasteiger partial charge is 0.154 e. The van der Waals surface area contributed by atoms with Gasteiger partial charge in [-0.3, -0.25) is 0 Å². The molecular weight excluding hydrogens is 300 g/mol. The monoisotopic (exact) mass is 326 g/mol. The number of nitrogens with one attached hydrogen (secondary N) is 1. The van der Waals surface area contributed by atoms with Crippen molar-refractivity contribution in [2.75, 3.05) is 32.1 Å². The van der Waals surface area contributed by atoms with Gasteiger partial charge in [-0.1, -0.05) is 31.2 Å². The maximum Gasteiger partial charge on any atom is 0.154 e. The van der Waals surface area contributed by atoms with Gasteiger partial charge in [0.1, 0.15) is 0 Å². The number of aliphatic hydroxyl groups is 1. The molecule has 6 heteroatoms. The molecule has 3 atom stereocenters. The summed E-state index contributed by atoms with van der Waals surface area (Å²) in [5, 5.41) is 13.1. The van der Waals surface area contributed by atoms with E-state index >= 15 is 0 Å². The van der Waals surface area contributed by atoms with Crippen LogP contribution in [0, 0.1) is 0 Å². The lowest BCUT2D eigenvalue weighted by molar-refractivity contribution is 0.159. The minimum Gasteiger partial charge on any atom is -0.390 e. The third-order valence-corrected chi connectivity index (χ3v) is 6.01. The van der Waals surface area contributed by atoms with Crippen LogP contribution >= 0.6 is 0 Å². The molecule has 1 aliphatic rings. The zero-order valence-corrected chi connectivity index (χ0v) is 14.3. The highest BCUT2D eigenvalue weighted by Crippen LogP contribution is 2.20. The van der Waals surface area contributed by atoms with Crippen molar-refractivity contribution in [3.63, 3.8) is 0 Å². The van der Waals surface area contributed by atoms with Crippen molar-refractivity contribution in [3.8, 4) is 0 Å². The first-order valence-electron chi connectivity index (χ1n) is 7.69. The molecule has 1 fully saturated rings. The van der Waals surface area contributed by atoms with Crippen molar-refractivity contribution >= 4 is 9.84 Å². The highest BCUT2D eigenvalue weighted by Gasteiger charge is 2.36. The molecule has 1 heterocycles. The van der Waals surface area contributed by atoms with Gasteiger partial charge in [0.2, 0.25) is 0 Å². The standard InChI is InChI=1S/C16H26N2O3S/c1-4-12-5-7-13(8-6-12)15(18(2)3)9-17-14-10-22(20,21)11-16(14)19/h5-8,14-17,19H,4,9-11H2,1-3H3/t14-,15+,16-/m0/s1. The summed E-state index contributed by atoms with van der Waals surface area (Å²) in [7, 11) is 0.891. The molecule has 1 aliphatic heterocycles. The zero-order valence-electron chi connectivity index (χ0n) is 13.5. The van der Waals surface area contributed by atoms with E-state index in [-0.39, 0.29) is 23.6 Å². The normalized spacial score (nSPS) is 25.5. The van der Waals surface area contributed by atoms with Gasteiger partial charge in [0.05, 0.1) is 17.6 Å². The fraction of sp³-hybridized carbons (Fsp3) is 0.625. The molecule has 1 saturated heterocycles. The van der Waals surface area contributed by atoms with Crippen molar-refractivity contribution in [2.24, 2.45) is 0 Å². The van der Waals surface area contributed by atoms with Gasteiger partial charge in [-0.2, -0.15) is 0 Å². The number of rotatable bonds is 6. The van der Waals surface area contributed by atoms with Crippen molar-refractivity contribution in [3.05, 3.63) is 35.4 Å². The van der Waals surface area contributed by atoms with Crippen molar-refractivity contribution in [1.82, 2.24) is 10.2 Å². The molecule has 22 heavy (non-hydrogen) atoms. The van der Waals surface area contributed by atoms with Gasteiger partial charge < -0.3 is 15.3 Å². The van der Waals surface area contributed by atoms with Gasteiger partial charge in [-0.05, 0) is 31.6 Å². The topological polar surface area (TPSA) is 69.6 Å². The average molecular weight is 326 g/mol. The molecule has 1 aromatic rings. The third kappa shape index (κ3) is 4.29. The Kier molecular flexibility index (Phi) is 5.60. The quantitative estimate of drug-likeness (QED) is 0.801. The van der Waals surface area contributed by atoms with Crippen LogP contribution in [-0.2, 0) is 16.3 Å². The maximum absolute atomic E-state index is 11.6. The summed E-state index contributed by atoms with van der Waals surface area (Å²) in [6.45, 7) is 2.73. The predicted molar refractivity (Wildman–Crippen MR) is 88.7 cm³/mol. The number of benzene rings is 1. The predicted octanol–water partition coefficient (Wildman–Crippen LogP) is 0.599. The second kappa shape index (κ2) is 7.08. The minimum absolute atomic E-state index is 0.0170. The molecule has 0 spiro atoms. The number of likely N-dealkylation sites (N-methyl/N-ethyl adjacent to an activating group) is 1. The Hall–Kier alpha value is -0.950. The summed E-state index contributed by atoms with van der Waals surface area (Å²) in [5.74, 6) is -0.119. The number of aryl methyl sites for hydroxylation is 1. The Labute approximate surface area is 133 Å². The second-order valence-corrected chi connectivity index (χ2v) is 8.39. The van der Waals surface area contributed by atoms with Crippen molar-refractivity contribution in [2.45, 2.75) is 31.5 Å². The Morgan fingerprint density at radius 1 is 1.27 bits per heavy atom. The van der Waals surface area contributed by atoms with Crippen LogP contribution in [0.3, 0.4) is 0 Å². The molecule has 0 aliphatic carbocycles. The molecule has 0 aromatic heterocycles. The van der Waals surface area contributed by atoms with E-state index in [0.717, 1.165) is 6.42 Å². The van der Waals surface area contributed by atoms with E-state index in [2.05, 4.69) is 41.4 Å². The first kappa shape index (κ1) is 17.4. The van der Waals surface area contributed by atoms with E-state index in [0.29, 0.717) is 6.54 Å². The van der Waals surface area contributed by atoms with E-state index in [1.165, 1.54) is 11.1 Å². The van der Waals surface area contributed by atoms with Gasteiger partial charge in [-0.15, -0.1) is 0 Å². The summed E-state index contributed by atoms with van der Waals surface area (Å²) in [6.07, 6.45) is 0.201. The van der Waals surface area contributed by atoms with E-state index in [4.69, 9.17) is 0 Å². The van der Waals surface area contributed by atoms with Gasteiger partial charge in [-0.25, -0.2) is 8.42 Å². The molecule has 2 N–H and O–H groups in total. The van der Waals surface area contributed by atoms with E-state index in [9.17, 15) is 13.5 Å². The van der Waals surface area contributed by atoms with Crippen LogP contribution < -0.4 is 5.32 Å². The van der Waals surface area contributed by atoms with Crippen LogP contribution in [0.5, 0.6) is 0 Å². The zero-order chi connectivity index (χ0) is 16.3. The SMILES string of the molecule is CCc1ccc([C@@H](CN[C@H]2CS(=O)(=O)C[C@@H]2O)N(C)C)cc1. The lowest BCUT2D eigenvalue weighted by Gasteiger charge is -2.27. The molecule has 1 aromatic carbocycles. The van der Waals surface area contributed by atoms with E-state index in [1.807, 2.05) is 14.1 Å². The summed E-state index contributed by atoms with van der Waals surface area (Å²) < 4.78 is 23.1. The Morgan fingerprint density at radius 3 is 2.36 bits per heavy atom. The Bertz CT molecular complexity index is 584. The summed E-state index contributed by atoms with van der Waals surface area (Å²) in [6, 6.07) is 8.25. The highest BCUT2D eigenvalue weighted by molar-refractivity contribution is 7.91. The average Bonchev–Trinajstić information content (AvgIpc) is 2.72. The molecule has 0 saturated carbocycles. The first-order chi connectivity index (χ1) is 10.3. The molecule has 0 radical (unpaired) electrons. The lowest BCUT2D eigenvalue weighted by atomic mass is 10.0. The van der Waals surface area contributed by atoms with Gasteiger partial charge in [0.25, 0.3) is 0 Å². The molecule has 0 unspecified atom stereocenters. The van der Waals surface area contributed by atoms with Crippen LogP contribution in [0.2, 0.25) is 0 Å². The number of sulfone groups is 1. The van der Waals surface area contributed by atoms with Crippen LogP contribution in [-0.4, -0.2) is 62.7 Å². The van der Waals surface area contributed by atoms with Gasteiger partial charge in [0.15, 0.2) is 9.84 Å². The van der Waals surface area contributed by atoms with Gasteiger partial charge >= 0.3 is 0 Å². The highest BCUT2D eigenvalue weighted by atomic mass is 32.2. The van der Waals surface area contributed by atoms with Crippen LogP contribution in [0.15, 0.2) is 24.3 Å². The Balaban J connectivity index is 2.03. The molecule has 5 nitrogen and oxygen atoms in total. The first-order valence-corrected chi connectivity index (χ1v) is 9.51. The van der Waals surface area contributed by atoms with E-state index < -0.39 is 15.9 Å².